The van der Waals surface area contributed by atoms with E-state index in [-0.39, 0.29) is 23.7 Å². The first-order chi connectivity index (χ1) is 17.9. The van der Waals surface area contributed by atoms with Crippen LogP contribution in [0.3, 0.4) is 0 Å². The number of hydrogen-bond acceptors (Lipinski definition) is 8. The topological polar surface area (TPSA) is 159 Å². The summed E-state index contributed by atoms with van der Waals surface area (Å²) < 4.78 is 21.0. The summed E-state index contributed by atoms with van der Waals surface area (Å²) in [4.78, 5) is 37.0. The normalized spacial score (nSPS) is 16.2. The number of pyridine rings is 1. The van der Waals surface area contributed by atoms with E-state index in [4.69, 9.17) is 15.1 Å². The van der Waals surface area contributed by atoms with Crippen LogP contribution < -0.4 is 21.7 Å². The van der Waals surface area contributed by atoms with Crippen LogP contribution in [-0.4, -0.2) is 48.1 Å². The van der Waals surface area contributed by atoms with E-state index in [0.717, 1.165) is 4.57 Å². The van der Waals surface area contributed by atoms with Gasteiger partial charge < -0.3 is 14.9 Å². The SMILES string of the molecule is N#Cc1cccc(OC2=CCC(/N=c3\[nH]c(=O)n(C[C@H](O)CO)c(=O)n3Cc3ccc(F)cc3)C=C2)n1. The smallest absolute Gasteiger partial charge is 0.335 e. The zero-order chi connectivity index (χ0) is 26.4. The maximum absolute atomic E-state index is 13.4. The van der Waals surface area contributed by atoms with E-state index < -0.39 is 42.5 Å². The fourth-order valence-electron chi connectivity index (χ4n) is 3.57. The molecule has 3 N–H and O–H groups in total. The number of aliphatic hydroxyl groups excluding tert-OH is 2. The molecule has 0 bridgehead atoms. The van der Waals surface area contributed by atoms with Gasteiger partial charge in [0.2, 0.25) is 11.5 Å². The number of aromatic amines is 1. The summed E-state index contributed by atoms with van der Waals surface area (Å²) in [6.07, 6.45) is 4.23. The molecule has 12 heteroatoms. The van der Waals surface area contributed by atoms with E-state index in [1.54, 1.807) is 36.4 Å². The summed E-state index contributed by atoms with van der Waals surface area (Å²) in [7, 11) is 0. The number of nitrogens with one attached hydrogen (secondary N) is 1. The Morgan fingerprint density at radius 3 is 2.70 bits per heavy atom. The molecule has 1 unspecified atom stereocenters. The molecule has 4 rings (SSSR count). The molecule has 2 heterocycles. The molecule has 37 heavy (non-hydrogen) atoms. The van der Waals surface area contributed by atoms with Crippen LogP contribution in [0.5, 0.6) is 5.88 Å². The number of nitriles is 1. The average molecular weight is 506 g/mol. The van der Waals surface area contributed by atoms with Crippen molar-refractivity contribution in [2.24, 2.45) is 4.99 Å². The predicted molar refractivity (Wildman–Crippen MR) is 129 cm³/mol. The lowest BCUT2D eigenvalue weighted by Gasteiger charge is -2.15. The third kappa shape index (κ3) is 6.35. The summed E-state index contributed by atoms with van der Waals surface area (Å²) >= 11 is 0. The van der Waals surface area contributed by atoms with Gasteiger partial charge in [0.1, 0.15) is 23.3 Å². The molecule has 0 amide bonds. The molecule has 0 saturated carbocycles. The number of hydrogen-bond donors (Lipinski definition) is 3. The molecule has 0 aliphatic heterocycles. The maximum Gasteiger partial charge on any atom is 0.335 e. The quantitative estimate of drug-likeness (QED) is 0.397. The van der Waals surface area contributed by atoms with E-state index in [1.165, 1.54) is 28.8 Å². The van der Waals surface area contributed by atoms with Crippen LogP contribution in [0.25, 0.3) is 0 Å². The number of rotatable bonds is 8. The fraction of sp³-hybridized carbons (Fsp3) is 0.240. The van der Waals surface area contributed by atoms with Crippen LogP contribution in [0.1, 0.15) is 17.7 Å². The summed E-state index contributed by atoms with van der Waals surface area (Å²) in [5, 5.41) is 27.9. The van der Waals surface area contributed by atoms with Gasteiger partial charge in [0.25, 0.3) is 0 Å². The lowest BCUT2D eigenvalue weighted by atomic mass is 10.1. The van der Waals surface area contributed by atoms with Gasteiger partial charge in [-0.2, -0.15) is 5.26 Å². The molecule has 0 saturated heterocycles. The van der Waals surface area contributed by atoms with E-state index in [2.05, 4.69) is 15.0 Å². The largest absolute Gasteiger partial charge is 0.439 e. The van der Waals surface area contributed by atoms with Crippen LogP contribution in [0.2, 0.25) is 0 Å². The molecule has 0 fully saturated rings. The molecule has 11 nitrogen and oxygen atoms in total. The first-order valence-electron chi connectivity index (χ1n) is 11.3. The minimum absolute atomic E-state index is 0.00938. The second kappa shape index (κ2) is 11.4. The van der Waals surface area contributed by atoms with Gasteiger partial charge in [-0.3, -0.25) is 9.55 Å². The van der Waals surface area contributed by atoms with Gasteiger partial charge in [-0.1, -0.05) is 24.3 Å². The molecule has 190 valence electrons. The molecule has 1 aliphatic carbocycles. The Labute approximate surface area is 209 Å². The van der Waals surface area contributed by atoms with Crippen molar-refractivity contribution in [3.8, 4) is 11.9 Å². The van der Waals surface area contributed by atoms with Crippen molar-refractivity contribution in [3.05, 3.63) is 110 Å². The van der Waals surface area contributed by atoms with Crippen LogP contribution in [0.15, 0.2) is 81.0 Å². The second-order valence-corrected chi connectivity index (χ2v) is 8.17. The predicted octanol–water partition coefficient (Wildman–Crippen LogP) is 0.337. The van der Waals surface area contributed by atoms with Crippen molar-refractivity contribution in [3.63, 3.8) is 0 Å². The van der Waals surface area contributed by atoms with Gasteiger partial charge in [-0.25, -0.2) is 28.5 Å². The van der Waals surface area contributed by atoms with Crippen LogP contribution in [0.4, 0.5) is 4.39 Å². The van der Waals surface area contributed by atoms with Crippen molar-refractivity contribution in [2.45, 2.75) is 31.7 Å². The van der Waals surface area contributed by atoms with Crippen LogP contribution in [0, 0.1) is 17.1 Å². The summed E-state index contributed by atoms with van der Waals surface area (Å²) in [6, 6.07) is 11.9. The number of aliphatic hydroxyl groups is 2. The van der Waals surface area contributed by atoms with Crippen LogP contribution in [-0.2, 0) is 13.1 Å². The fourth-order valence-corrected chi connectivity index (χ4v) is 3.57. The van der Waals surface area contributed by atoms with Crippen molar-refractivity contribution < 1.29 is 19.3 Å². The molecule has 3 aromatic rings. The average Bonchev–Trinajstić information content (AvgIpc) is 2.91. The zero-order valence-corrected chi connectivity index (χ0v) is 19.5. The first kappa shape index (κ1) is 25.5. The molecule has 2 aromatic heterocycles. The van der Waals surface area contributed by atoms with Crippen molar-refractivity contribution in [2.75, 3.05) is 6.61 Å². The number of H-pyrrole nitrogens is 1. The molecule has 0 spiro atoms. The standard InChI is InChI=1S/C25H23FN6O5/c26-17-6-4-16(5-7-17)13-31-23(30-24(35)32(25(31)36)14-20(34)15-33)29-18-8-10-21(11-9-18)37-22-3-1-2-19(12-27)28-22/h1-8,10-11,18,20,33-34H,9,13-15H2,(H,29,30,35)/t18?,20-/m0/s1. The highest BCUT2D eigenvalue weighted by Gasteiger charge is 2.15. The number of aromatic nitrogens is 4. The van der Waals surface area contributed by atoms with Gasteiger partial charge in [-0.15, -0.1) is 0 Å². The summed E-state index contributed by atoms with van der Waals surface area (Å²) in [5.41, 5.74) is -0.744. The molecule has 2 atom stereocenters. The van der Waals surface area contributed by atoms with Gasteiger partial charge in [-0.05, 0) is 42.3 Å². The van der Waals surface area contributed by atoms with E-state index in [9.17, 15) is 19.1 Å². The van der Waals surface area contributed by atoms with Crippen LogP contribution >= 0.6 is 0 Å². The Hall–Kier alpha value is -4.60. The Kier molecular flexibility index (Phi) is 7.87. The number of ether oxygens (including phenoxy) is 1. The highest BCUT2D eigenvalue weighted by atomic mass is 19.1. The number of halogens is 1. The third-order valence-corrected chi connectivity index (χ3v) is 5.43. The van der Waals surface area contributed by atoms with Crippen molar-refractivity contribution in [1.82, 2.24) is 19.1 Å². The van der Waals surface area contributed by atoms with Gasteiger partial charge >= 0.3 is 11.4 Å². The molecular weight excluding hydrogens is 483 g/mol. The minimum atomic E-state index is -1.31. The Morgan fingerprint density at radius 2 is 2.03 bits per heavy atom. The highest BCUT2D eigenvalue weighted by molar-refractivity contribution is 5.29. The Morgan fingerprint density at radius 1 is 1.24 bits per heavy atom. The van der Waals surface area contributed by atoms with E-state index >= 15 is 0 Å². The summed E-state index contributed by atoms with van der Waals surface area (Å²) in [5.74, 6) is 0.325. The number of allylic oxidation sites excluding steroid dienone is 1. The van der Waals surface area contributed by atoms with E-state index in [1.807, 2.05) is 6.07 Å². The Balaban J connectivity index is 1.64. The number of benzene rings is 1. The maximum atomic E-state index is 13.4. The van der Waals surface area contributed by atoms with Gasteiger partial charge in [0.05, 0.1) is 31.8 Å². The summed E-state index contributed by atoms with van der Waals surface area (Å²) in [6.45, 7) is -1.07. The second-order valence-electron chi connectivity index (χ2n) is 8.17. The molecule has 0 radical (unpaired) electrons. The first-order valence-corrected chi connectivity index (χ1v) is 11.3. The molecule has 1 aliphatic rings. The third-order valence-electron chi connectivity index (χ3n) is 5.43. The number of nitrogens with zero attached hydrogens (tertiary/aromatic N) is 5. The molecular formula is C25H23FN6O5. The zero-order valence-electron chi connectivity index (χ0n) is 19.5. The van der Waals surface area contributed by atoms with Crippen molar-refractivity contribution >= 4 is 0 Å². The van der Waals surface area contributed by atoms with E-state index in [0.29, 0.717) is 17.7 Å². The van der Waals surface area contributed by atoms with Gasteiger partial charge in [0.15, 0.2) is 0 Å². The highest BCUT2D eigenvalue weighted by Crippen LogP contribution is 2.17. The minimum Gasteiger partial charge on any atom is -0.439 e. The lowest BCUT2D eigenvalue weighted by molar-refractivity contribution is 0.0783. The molecule has 1 aromatic carbocycles. The van der Waals surface area contributed by atoms with Crippen molar-refractivity contribution in [1.29, 1.82) is 5.26 Å². The Bertz CT molecular complexity index is 1560. The van der Waals surface area contributed by atoms with Gasteiger partial charge in [0, 0.05) is 6.07 Å². The lowest BCUT2D eigenvalue weighted by Crippen LogP contribution is -2.51. The monoisotopic (exact) mass is 506 g/mol.